The minimum absolute atomic E-state index is 0.0590. The van der Waals surface area contributed by atoms with Crippen molar-refractivity contribution in [2.45, 2.75) is 0 Å². The van der Waals surface area contributed by atoms with Crippen LogP contribution in [0.15, 0.2) is 23.3 Å². The third-order valence-corrected chi connectivity index (χ3v) is 5.57. The van der Waals surface area contributed by atoms with Gasteiger partial charge in [0.05, 0.1) is 25.1 Å². The topological polar surface area (TPSA) is 38.4 Å². The molecule has 0 heterocycles. The van der Waals surface area contributed by atoms with Crippen molar-refractivity contribution in [1.82, 2.24) is 0 Å². The molecule has 0 saturated heterocycles. The van der Waals surface area contributed by atoms with Gasteiger partial charge in [-0.1, -0.05) is 87.3 Å². The smallest absolute Gasteiger partial charge is 0.285 e. The Morgan fingerprint density at radius 2 is 1.23 bits per heavy atom. The number of benzene rings is 2. The van der Waals surface area contributed by atoms with E-state index in [9.17, 15) is 5.21 Å². The summed E-state index contributed by atoms with van der Waals surface area (Å²) in [5, 5.41) is 15.7. The second-order valence-corrected chi connectivity index (χ2v) is 6.54. The van der Waals surface area contributed by atoms with Crippen LogP contribution in [-0.4, -0.2) is 4.86 Å². The molecule has 0 bridgehead atoms. The number of rotatable bonds is 2. The minimum Gasteiger partial charge on any atom is -0.594 e. The van der Waals surface area contributed by atoms with Crippen LogP contribution in [0.1, 0.15) is 0 Å². The number of azo groups is 1. The first-order valence-electron chi connectivity index (χ1n) is 5.40. The van der Waals surface area contributed by atoms with E-state index >= 15 is 0 Å². The van der Waals surface area contributed by atoms with Gasteiger partial charge in [0.2, 0.25) is 0 Å². The van der Waals surface area contributed by atoms with Crippen LogP contribution in [0.4, 0.5) is 11.4 Å². The van der Waals surface area contributed by atoms with Crippen LogP contribution < -0.4 is 0 Å². The minimum atomic E-state index is -0.251. The molecule has 0 aromatic heterocycles. The molecule has 116 valence electrons. The average Bonchev–Trinajstić information content (AvgIpc) is 2.48. The van der Waals surface area contributed by atoms with E-state index in [1.165, 1.54) is 6.07 Å². The third kappa shape index (κ3) is 3.36. The molecule has 0 aliphatic heterocycles. The lowest BCUT2D eigenvalue weighted by Crippen LogP contribution is -1.95. The quantitative estimate of drug-likeness (QED) is 0.153. The molecule has 0 radical (unpaired) electrons. The first kappa shape index (κ1) is 18.2. The Balaban J connectivity index is 2.66. The van der Waals surface area contributed by atoms with Crippen LogP contribution in [0.2, 0.25) is 35.2 Å². The molecule has 0 N–H and O–H groups in total. The average molecular weight is 439 g/mol. The molecule has 22 heavy (non-hydrogen) atoms. The highest BCUT2D eigenvalue weighted by Crippen LogP contribution is 2.48. The van der Waals surface area contributed by atoms with E-state index in [-0.39, 0.29) is 51.4 Å². The Hall–Kier alpha value is -0.130. The van der Waals surface area contributed by atoms with Gasteiger partial charge in [-0.2, -0.15) is 0 Å². The number of nitrogens with zero attached hydrogens (tertiary/aromatic N) is 2. The Morgan fingerprint density at radius 3 is 1.77 bits per heavy atom. The van der Waals surface area contributed by atoms with E-state index in [4.69, 9.17) is 81.2 Å². The Morgan fingerprint density at radius 1 is 0.727 bits per heavy atom. The zero-order valence-corrected chi connectivity index (χ0v) is 15.5. The van der Waals surface area contributed by atoms with E-state index in [0.717, 1.165) is 0 Å². The van der Waals surface area contributed by atoms with Crippen LogP contribution in [0.3, 0.4) is 0 Å². The molecule has 0 unspecified atom stereocenters. The Kier molecular flexibility index (Phi) is 5.95. The summed E-state index contributed by atoms with van der Waals surface area (Å²) < 4.78 is 0. The highest BCUT2D eigenvalue weighted by atomic mass is 35.5. The molecular formula is C12H3Cl7N2O. The standard InChI is InChI=1S/C12H3Cl7N2O/c13-4-2-1-3-5(6(4)14)20-21(22)12-10(18)8(16)7(15)9(17)11(12)19/h1-3H. The summed E-state index contributed by atoms with van der Waals surface area (Å²) >= 11 is 41.4. The fraction of sp³-hybridized carbons (Fsp3) is 0. The van der Waals surface area contributed by atoms with Gasteiger partial charge in [-0.05, 0) is 17.0 Å². The highest BCUT2D eigenvalue weighted by molar-refractivity contribution is 6.56. The maximum atomic E-state index is 12.3. The van der Waals surface area contributed by atoms with Crippen molar-refractivity contribution in [3.8, 4) is 0 Å². The van der Waals surface area contributed by atoms with Crippen molar-refractivity contribution in [3.63, 3.8) is 0 Å². The second kappa shape index (κ2) is 7.18. The first-order valence-corrected chi connectivity index (χ1v) is 8.04. The summed E-state index contributed by atoms with van der Waals surface area (Å²) in [4.78, 5) is 0.149. The fourth-order valence-corrected chi connectivity index (χ4v) is 3.09. The molecule has 0 fully saturated rings. The van der Waals surface area contributed by atoms with Crippen LogP contribution in [-0.2, 0) is 0 Å². The fourth-order valence-electron chi connectivity index (χ4n) is 1.48. The molecule has 0 amide bonds. The van der Waals surface area contributed by atoms with Gasteiger partial charge in [0.15, 0.2) is 5.69 Å². The lowest BCUT2D eigenvalue weighted by molar-refractivity contribution is -0.435. The van der Waals surface area contributed by atoms with Crippen molar-refractivity contribution < 1.29 is 4.86 Å². The lowest BCUT2D eigenvalue weighted by Gasteiger charge is -2.09. The predicted octanol–water partition coefficient (Wildman–Crippen LogP) is 8.19. The summed E-state index contributed by atoms with van der Waals surface area (Å²) in [6.45, 7) is 0. The van der Waals surface area contributed by atoms with E-state index in [0.29, 0.717) is 0 Å². The number of halogens is 7. The van der Waals surface area contributed by atoms with Gasteiger partial charge in [-0.3, -0.25) is 0 Å². The van der Waals surface area contributed by atoms with Crippen LogP contribution in [0.25, 0.3) is 0 Å². The van der Waals surface area contributed by atoms with Gasteiger partial charge in [0.25, 0.3) is 5.69 Å². The maximum Gasteiger partial charge on any atom is 0.285 e. The van der Waals surface area contributed by atoms with E-state index in [1.807, 2.05) is 0 Å². The van der Waals surface area contributed by atoms with E-state index in [1.54, 1.807) is 12.1 Å². The highest BCUT2D eigenvalue weighted by Gasteiger charge is 2.26. The molecule has 0 saturated carbocycles. The molecule has 2 aromatic carbocycles. The second-order valence-electron chi connectivity index (χ2n) is 3.86. The van der Waals surface area contributed by atoms with Crippen LogP contribution in [0.5, 0.6) is 0 Å². The molecule has 2 rings (SSSR count). The maximum absolute atomic E-state index is 12.3. The van der Waals surface area contributed by atoms with Crippen molar-refractivity contribution in [2.75, 3.05) is 0 Å². The monoisotopic (exact) mass is 436 g/mol. The zero-order chi connectivity index (χ0) is 16.6. The van der Waals surface area contributed by atoms with Gasteiger partial charge in [-0.15, -0.1) is 0 Å². The van der Waals surface area contributed by atoms with Gasteiger partial charge in [0, 0.05) is 5.11 Å². The van der Waals surface area contributed by atoms with Gasteiger partial charge in [-0.25, -0.2) is 0 Å². The zero-order valence-electron chi connectivity index (χ0n) is 10.2. The Labute approximate surface area is 160 Å². The molecule has 0 atom stereocenters. The van der Waals surface area contributed by atoms with E-state index < -0.39 is 0 Å². The van der Waals surface area contributed by atoms with Crippen LogP contribution in [0, 0.1) is 5.21 Å². The largest absolute Gasteiger partial charge is 0.594 e. The third-order valence-electron chi connectivity index (χ3n) is 2.51. The summed E-state index contributed by atoms with van der Waals surface area (Å²) in [7, 11) is 0. The summed E-state index contributed by atoms with van der Waals surface area (Å²) in [6.07, 6.45) is 0. The van der Waals surface area contributed by atoms with Crippen molar-refractivity contribution in [2.24, 2.45) is 5.11 Å². The van der Waals surface area contributed by atoms with Gasteiger partial charge < -0.3 is 5.21 Å². The molecule has 3 nitrogen and oxygen atoms in total. The van der Waals surface area contributed by atoms with Crippen molar-refractivity contribution >= 4 is 92.6 Å². The lowest BCUT2D eigenvalue weighted by atomic mass is 10.3. The van der Waals surface area contributed by atoms with Crippen LogP contribution >= 0.6 is 81.2 Å². The van der Waals surface area contributed by atoms with Gasteiger partial charge in [0.1, 0.15) is 10.0 Å². The predicted molar refractivity (Wildman–Crippen MR) is 93.3 cm³/mol. The Bertz CT molecular complexity index is 763. The molecule has 10 heteroatoms. The molecule has 0 aliphatic rings. The van der Waals surface area contributed by atoms with Gasteiger partial charge >= 0.3 is 0 Å². The summed E-state index contributed by atoms with van der Waals surface area (Å²) in [6, 6.07) is 4.61. The molecular weight excluding hydrogens is 436 g/mol. The SMILES string of the molecule is [O-][N+](=Nc1cccc(Cl)c1Cl)c1c(Cl)c(Cl)c(Cl)c(Cl)c1Cl. The van der Waals surface area contributed by atoms with E-state index in [2.05, 4.69) is 5.11 Å². The summed E-state index contributed by atoms with van der Waals surface area (Å²) in [5.41, 5.74) is -0.128. The summed E-state index contributed by atoms with van der Waals surface area (Å²) in [5.74, 6) is 0. The molecule has 0 spiro atoms. The normalized spacial score (nSPS) is 11.9. The van der Waals surface area contributed by atoms with Crippen molar-refractivity contribution in [3.05, 3.63) is 58.6 Å². The number of hydrogen-bond donors (Lipinski definition) is 0. The molecule has 2 aromatic rings. The number of hydrogen-bond acceptors (Lipinski definition) is 2. The first-order chi connectivity index (χ1) is 10.3. The molecule has 0 aliphatic carbocycles. The van der Waals surface area contributed by atoms with Crippen molar-refractivity contribution in [1.29, 1.82) is 0 Å².